The summed E-state index contributed by atoms with van der Waals surface area (Å²) in [4.78, 5) is 39.4. The lowest BCUT2D eigenvalue weighted by Crippen LogP contribution is -2.44. The maximum atomic E-state index is 13.2. The second-order valence-electron chi connectivity index (χ2n) is 7.40. The SMILES string of the molecule is [2H]c1c([2H])c([2H])c2c(c1[2H])CC([2H])(C)N(C)C(=O)[C@H]2NC(=O)[C@H](C)CC(=O)[C@@H](O)C(C)C. The molecule has 0 fully saturated rings. The number of fused-ring (bicyclic) bond motifs is 1. The second kappa shape index (κ2) is 8.65. The minimum Gasteiger partial charge on any atom is -0.385 e. The minimum absolute atomic E-state index is 0.0714. The lowest BCUT2D eigenvalue weighted by atomic mass is 9.94. The number of hydrogen-bond acceptors (Lipinski definition) is 4. The van der Waals surface area contributed by atoms with E-state index in [-0.39, 0.29) is 35.9 Å². The van der Waals surface area contributed by atoms with Crippen molar-refractivity contribution in [2.75, 3.05) is 7.05 Å². The van der Waals surface area contributed by atoms with Gasteiger partial charge in [-0.25, -0.2) is 0 Å². The molecule has 1 aliphatic rings. The number of nitrogens with zero attached hydrogens (tertiary/aromatic N) is 1. The Kier molecular flexibility index (Phi) is 4.74. The van der Waals surface area contributed by atoms with Crippen LogP contribution in [0.1, 0.15) is 58.1 Å². The van der Waals surface area contributed by atoms with Gasteiger partial charge in [-0.1, -0.05) is 44.9 Å². The third-order valence-electron chi connectivity index (χ3n) is 4.87. The third kappa shape index (κ3) is 4.75. The minimum atomic E-state index is -1.51. The van der Waals surface area contributed by atoms with Gasteiger partial charge >= 0.3 is 0 Å². The molecule has 6 nitrogen and oxygen atoms in total. The van der Waals surface area contributed by atoms with E-state index >= 15 is 0 Å². The Bertz CT molecular complexity index is 951. The van der Waals surface area contributed by atoms with E-state index in [9.17, 15) is 19.5 Å². The van der Waals surface area contributed by atoms with E-state index in [4.69, 9.17) is 6.85 Å². The topological polar surface area (TPSA) is 86.7 Å². The van der Waals surface area contributed by atoms with E-state index in [1.807, 2.05) is 0 Å². The Morgan fingerprint density at radius 1 is 1.37 bits per heavy atom. The Labute approximate surface area is 168 Å². The molecule has 0 radical (unpaired) electrons. The molecule has 2 rings (SSSR count). The summed E-state index contributed by atoms with van der Waals surface area (Å²) in [7, 11) is 1.38. The molecule has 2 N–H and O–H groups in total. The first-order valence-corrected chi connectivity index (χ1v) is 8.99. The smallest absolute Gasteiger partial charge is 0.249 e. The van der Waals surface area contributed by atoms with Crippen molar-refractivity contribution >= 4 is 17.6 Å². The number of Topliss-reactive ketones (excluding diaryl/α,β-unsaturated/α-hetero) is 1. The van der Waals surface area contributed by atoms with Gasteiger partial charge in [-0.3, -0.25) is 14.4 Å². The number of benzene rings is 1. The molecule has 0 spiro atoms. The molecule has 0 aliphatic carbocycles. The molecular formula is C21H30N2O4. The standard InChI is InChI=1S/C21H30N2O4/c1-12(2)19(25)17(24)10-13(3)20(26)22-18-16-9-7-6-8-15(16)11-14(4)23(5)21(18)27/h6-9,12-14,18-19,25H,10-11H2,1-5H3,(H,22,26)/t13-,14?,18+,19+/m1/s1/i6D,7D,8D,9D,14D. The van der Waals surface area contributed by atoms with Crippen LogP contribution in [0.15, 0.2) is 24.2 Å². The number of likely N-dealkylation sites (N-methyl/N-ethyl adjacent to an activating group) is 1. The number of amides is 2. The molecule has 1 aromatic carbocycles. The van der Waals surface area contributed by atoms with Crippen LogP contribution in [0.5, 0.6) is 0 Å². The van der Waals surface area contributed by atoms with Crippen LogP contribution in [0.25, 0.3) is 0 Å². The van der Waals surface area contributed by atoms with Crippen molar-refractivity contribution in [2.45, 2.75) is 58.7 Å². The van der Waals surface area contributed by atoms with Gasteiger partial charge in [-0.05, 0) is 30.4 Å². The van der Waals surface area contributed by atoms with Gasteiger partial charge in [0.1, 0.15) is 12.1 Å². The van der Waals surface area contributed by atoms with Gasteiger partial charge in [-0.2, -0.15) is 0 Å². The quantitative estimate of drug-likeness (QED) is 0.790. The normalized spacial score (nSPS) is 27.4. The highest BCUT2D eigenvalue weighted by molar-refractivity contribution is 5.93. The predicted octanol–water partition coefficient (Wildman–Crippen LogP) is 1.86. The van der Waals surface area contributed by atoms with Gasteiger partial charge in [0.05, 0.1) is 6.85 Å². The zero-order valence-corrected chi connectivity index (χ0v) is 16.3. The Hall–Kier alpha value is -2.21. The maximum Gasteiger partial charge on any atom is 0.249 e. The molecule has 1 aromatic rings. The lowest BCUT2D eigenvalue weighted by Gasteiger charge is -2.26. The van der Waals surface area contributed by atoms with Crippen LogP contribution in [-0.4, -0.2) is 46.8 Å². The number of carbonyl (C=O) groups is 3. The molecule has 1 unspecified atom stereocenters. The monoisotopic (exact) mass is 379 g/mol. The number of aliphatic hydroxyl groups is 1. The molecule has 1 aliphatic heterocycles. The fourth-order valence-electron chi connectivity index (χ4n) is 2.92. The highest BCUT2D eigenvalue weighted by atomic mass is 16.3. The molecule has 27 heavy (non-hydrogen) atoms. The predicted molar refractivity (Wildman–Crippen MR) is 103 cm³/mol. The summed E-state index contributed by atoms with van der Waals surface area (Å²) < 4.78 is 41.1. The number of ketones is 1. The average molecular weight is 380 g/mol. The first kappa shape index (κ1) is 14.8. The Balaban J connectivity index is 2.48. The zero-order chi connectivity index (χ0) is 24.7. The zero-order valence-electron chi connectivity index (χ0n) is 21.3. The highest BCUT2D eigenvalue weighted by Crippen LogP contribution is 2.27. The van der Waals surface area contributed by atoms with E-state index in [0.29, 0.717) is 0 Å². The van der Waals surface area contributed by atoms with Crippen molar-refractivity contribution in [2.24, 2.45) is 11.8 Å². The summed E-state index contributed by atoms with van der Waals surface area (Å²) in [5.41, 5.74) is 0.0216. The number of carbonyl (C=O) groups excluding carboxylic acids is 3. The van der Waals surface area contributed by atoms with Crippen LogP contribution in [0.2, 0.25) is 0 Å². The van der Waals surface area contributed by atoms with Crippen molar-refractivity contribution < 1.29 is 26.3 Å². The number of rotatable bonds is 6. The number of nitrogens with one attached hydrogen (secondary N) is 1. The summed E-state index contributed by atoms with van der Waals surface area (Å²) in [6, 6.07) is -4.78. The molecule has 4 atom stereocenters. The fourth-order valence-corrected chi connectivity index (χ4v) is 2.92. The van der Waals surface area contributed by atoms with E-state index < -0.39 is 59.8 Å². The van der Waals surface area contributed by atoms with E-state index in [0.717, 1.165) is 4.90 Å². The van der Waals surface area contributed by atoms with Crippen molar-refractivity contribution in [3.8, 4) is 0 Å². The van der Waals surface area contributed by atoms with Crippen LogP contribution >= 0.6 is 0 Å². The molecule has 0 bridgehead atoms. The summed E-state index contributed by atoms with van der Waals surface area (Å²) in [6.45, 7) is 6.28. The van der Waals surface area contributed by atoms with Crippen LogP contribution < -0.4 is 5.32 Å². The van der Waals surface area contributed by atoms with Crippen LogP contribution in [0, 0.1) is 11.8 Å². The van der Waals surface area contributed by atoms with Crippen molar-refractivity contribution in [1.29, 1.82) is 0 Å². The van der Waals surface area contributed by atoms with E-state index in [1.165, 1.54) is 20.9 Å². The van der Waals surface area contributed by atoms with Crippen LogP contribution in [-0.2, 0) is 20.8 Å². The van der Waals surface area contributed by atoms with Crippen LogP contribution in [0.4, 0.5) is 0 Å². The summed E-state index contributed by atoms with van der Waals surface area (Å²) in [6.07, 6.45) is -1.62. The third-order valence-corrected chi connectivity index (χ3v) is 4.87. The van der Waals surface area contributed by atoms with Gasteiger partial charge in [0, 0.05) is 25.4 Å². The molecule has 2 amide bonds. The van der Waals surface area contributed by atoms with Gasteiger partial charge in [-0.15, -0.1) is 0 Å². The summed E-state index contributed by atoms with van der Waals surface area (Å²) >= 11 is 0. The van der Waals surface area contributed by atoms with Crippen molar-refractivity contribution in [3.63, 3.8) is 0 Å². The molecule has 6 heteroatoms. The fraction of sp³-hybridized carbons (Fsp3) is 0.571. The second-order valence-corrected chi connectivity index (χ2v) is 7.40. The van der Waals surface area contributed by atoms with E-state index in [1.54, 1.807) is 13.8 Å². The van der Waals surface area contributed by atoms with Crippen molar-refractivity contribution in [3.05, 3.63) is 35.3 Å². The summed E-state index contributed by atoms with van der Waals surface area (Å²) in [5, 5.41) is 12.5. The van der Waals surface area contributed by atoms with Gasteiger partial charge in [0.15, 0.2) is 5.78 Å². The Morgan fingerprint density at radius 3 is 2.63 bits per heavy atom. The van der Waals surface area contributed by atoms with Gasteiger partial charge in [0.25, 0.3) is 0 Å². The summed E-state index contributed by atoms with van der Waals surface area (Å²) in [5.74, 6) is -3.08. The average Bonchev–Trinajstić information content (AvgIpc) is 2.79. The molecule has 0 saturated heterocycles. The highest BCUT2D eigenvalue weighted by Gasteiger charge is 2.34. The molecule has 0 saturated carbocycles. The van der Waals surface area contributed by atoms with Crippen LogP contribution in [0.3, 0.4) is 0 Å². The van der Waals surface area contributed by atoms with Crippen molar-refractivity contribution in [1.82, 2.24) is 10.2 Å². The Morgan fingerprint density at radius 2 is 2.00 bits per heavy atom. The molecular weight excluding hydrogens is 344 g/mol. The first-order valence-electron chi connectivity index (χ1n) is 11.5. The molecule has 1 heterocycles. The van der Waals surface area contributed by atoms with Gasteiger partial charge in [0.2, 0.25) is 11.8 Å². The maximum absolute atomic E-state index is 13.2. The largest absolute Gasteiger partial charge is 0.385 e. The first-order chi connectivity index (χ1) is 14.6. The lowest BCUT2D eigenvalue weighted by molar-refractivity contribution is -0.138. The van der Waals surface area contributed by atoms with Gasteiger partial charge < -0.3 is 15.3 Å². The number of hydrogen-bond donors (Lipinski definition) is 2. The molecule has 148 valence electrons. The number of aliphatic hydroxyl groups excluding tert-OH is 1. The molecule has 0 aromatic heterocycles. The van der Waals surface area contributed by atoms with E-state index in [2.05, 4.69) is 5.32 Å².